The minimum atomic E-state index is 0.137. The quantitative estimate of drug-likeness (QED) is 0.682. The Hall–Kier alpha value is -3.16. The molecule has 138 valence electrons. The maximum absolute atomic E-state index is 12.6. The summed E-state index contributed by atoms with van der Waals surface area (Å²) < 4.78 is 5.37. The van der Waals surface area contributed by atoms with Crippen molar-refractivity contribution in [3.05, 3.63) is 54.6 Å². The number of piperidine rings is 1. The zero-order valence-electron chi connectivity index (χ0n) is 14.9. The number of amides is 1. The average molecular weight is 364 g/mol. The Morgan fingerprint density at radius 1 is 1.22 bits per heavy atom. The molecule has 4 heterocycles. The van der Waals surface area contributed by atoms with Crippen molar-refractivity contribution in [2.75, 3.05) is 13.1 Å². The number of carbonyl (C=O) groups excluding carboxylic acids is 1. The molecule has 1 amide bonds. The van der Waals surface area contributed by atoms with Crippen LogP contribution in [0.15, 0.2) is 47.6 Å². The number of carbonyl (C=O) groups is 1. The van der Waals surface area contributed by atoms with E-state index in [0.717, 1.165) is 24.9 Å². The molecule has 8 nitrogen and oxygen atoms in total. The number of hydrogen-bond acceptors (Lipinski definition) is 7. The summed E-state index contributed by atoms with van der Waals surface area (Å²) in [5, 5.41) is 3.99. The van der Waals surface area contributed by atoms with Crippen LogP contribution >= 0.6 is 0 Å². The predicted molar refractivity (Wildman–Crippen MR) is 96.3 cm³/mol. The van der Waals surface area contributed by atoms with E-state index in [9.17, 15) is 4.79 Å². The normalized spacial score (nSPS) is 17.0. The topological polar surface area (TPSA) is 97.9 Å². The molecule has 0 saturated carbocycles. The molecular formula is C19H20N6O2. The molecule has 0 bridgehead atoms. The molecule has 1 aliphatic rings. The molecular weight excluding hydrogens is 344 g/mol. The number of rotatable bonds is 5. The van der Waals surface area contributed by atoms with Crippen LogP contribution in [0, 0.1) is 5.92 Å². The molecule has 1 aliphatic heterocycles. The van der Waals surface area contributed by atoms with E-state index in [2.05, 4.69) is 25.1 Å². The SMILES string of the molecule is O=C(Cc1cccnc1)N1CCCC(Cc2nc(-c3cnccn3)no2)C1. The van der Waals surface area contributed by atoms with Gasteiger partial charge in [-0.15, -0.1) is 0 Å². The molecule has 3 aromatic rings. The zero-order valence-corrected chi connectivity index (χ0v) is 14.9. The van der Waals surface area contributed by atoms with Crippen molar-refractivity contribution in [2.45, 2.75) is 25.7 Å². The summed E-state index contributed by atoms with van der Waals surface area (Å²) in [7, 11) is 0. The van der Waals surface area contributed by atoms with Crippen molar-refractivity contribution in [3.8, 4) is 11.5 Å². The van der Waals surface area contributed by atoms with Gasteiger partial charge in [0.15, 0.2) is 0 Å². The number of nitrogens with zero attached hydrogens (tertiary/aromatic N) is 6. The third kappa shape index (κ3) is 4.33. The van der Waals surface area contributed by atoms with Gasteiger partial charge in [-0.05, 0) is 30.4 Å². The molecule has 0 spiro atoms. The number of aromatic nitrogens is 5. The summed E-state index contributed by atoms with van der Waals surface area (Å²) in [6.45, 7) is 1.51. The van der Waals surface area contributed by atoms with E-state index < -0.39 is 0 Å². The standard InChI is InChI=1S/C19H20N6O2/c26-18(10-14-3-1-5-20-11-14)25-8-2-4-15(13-25)9-17-23-19(24-27-17)16-12-21-6-7-22-16/h1,3,5-7,11-12,15H,2,4,8-10,13H2. The minimum Gasteiger partial charge on any atom is -0.342 e. The van der Waals surface area contributed by atoms with Gasteiger partial charge in [-0.1, -0.05) is 11.2 Å². The summed E-state index contributed by atoms with van der Waals surface area (Å²) in [5.41, 5.74) is 1.53. The Morgan fingerprint density at radius 3 is 2.96 bits per heavy atom. The fraction of sp³-hybridized carbons (Fsp3) is 0.368. The first-order chi connectivity index (χ1) is 13.3. The van der Waals surface area contributed by atoms with Crippen molar-refractivity contribution in [3.63, 3.8) is 0 Å². The van der Waals surface area contributed by atoms with Crippen molar-refractivity contribution in [1.82, 2.24) is 30.0 Å². The van der Waals surface area contributed by atoms with Gasteiger partial charge in [0.1, 0.15) is 5.69 Å². The van der Waals surface area contributed by atoms with Crippen LogP contribution in [0.5, 0.6) is 0 Å². The maximum Gasteiger partial charge on any atom is 0.227 e. The monoisotopic (exact) mass is 364 g/mol. The molecule has 1 saturated heterocycles. The Balaban J connectivity index is 1.36. The first-order valence-electron chi connectivity index (χ1n) is 9.03. The van der Waals surface area contributed by atoms with Gasteiger partial charge in [0.25, 0.3) is 0 Å². The van der Waals surface area contributed by atoms with Crippen LogP contribution < -0.4 is 0 Å². The lowest BCUT2D eigenvalue weighted by molar-refractivity contribution is -0.132. The van der Waals surface area contributed by atoms with E-state index in [1.807, 2.05) is 17.0 Å². The Morgan fingerprint density at radius 2 is 2.15 bits per heavy atom. The lowest BCUT2D eigenvalue weighted by Crippen LogP contribution is -2.41. The number of likely N-dealkylation sites (tertiary alicyclic amines) is 1. The van der Waals surface area contributed by atoms with Crippen molar-refractivity contribution in [2.24, 2.45) is 5.92 Å². The summed E-state index contributed by atoms with van der Waals surface area (Å²) in [4.78, 5) is 31.2. The van der Waals surface area contributed by atoms with E-state index in [-0.39, 0.29) is 5.91 Å². The largest absolute Gasteiger partial charge is 0.342 e. The second-order valence-electron chi connectivity index (χ2n) is 6.69. The van der Waals surface area contributed by atoms with Crippen LogP contribution in [-0.2, 0) is 17.6 Å². The van der Waals surface area contributed by atoms with Crippen molar-refractivity contribution >= 4 is 5.91 Å². The van der Waals surface area contributed by atoms with E-state index in [1.54, 1.807) is 31.0 Å². The smallest absolute Gasteiger partial charge is 0.227 e. The van der Waals surface area contributed by atoms with E-state index in [1.165, 1.54) is 0 Å². The van der Waals surface area contributed by atoms with Gasteiger partial charge >= 0.3 is 0 Å². The van der Waals surface area contributed by atoms with Gasteiger partial charge in [0.2, 0.25) is 17.6 Å². The molecule has 4 rings (SSSR count). The van der Waals surface area contributed by atoms with Gasteiger partial charge in [-0.2, -0.15) is 4.98 Å². The molecule has 0 aromatic carbocycles. The molecule has 0 N–H and O–H groups in total. The average Bonchev–Trinajstić information content (AvgIpc) is 3.18. The molecule has 0 aliphatic carbocycles. The highest BCUT2D eigenvalue weighted by molar-refractivity contribution is 5.78. The van der Waals surface area contributed by atoms with Crippen LogP contribution in [-0.4, -0.2) is 49.0 Å². The van der Waals surface area contributed by atoms with E-state index in [0.29, 0.717) is 42.7 Å². The Bertz CT molecular complexity index is 883. The molecule has 8 heteroatoms. The fourth-order valence-corrected chi connectivity index (χ4v) is 3.35. The molecule has 1 unspecified atom stereocenters. The minimum absolute atomic E-state index is 0.137. The Labute approximate surface area is 156 Å². The number of pyridine rings is 1. The van der Waals surface area contributed by atoms with Crippen LogP contribution in [0.3, 0.4) is 0 Å². The molecule has 3 aromatic heterocycles. The van der Waals surface area contributed by atoms with E-state index >= 15 is 0 Å². The Kier molecular flexibility index (Phi) is 5.13. The van der Waals surface area contributed by atoms with Gasteiger partial charge in [-0.25, -0.2) is 4.98 Å². The summed E-state index contributed by atoms with van der Waals surface area (Å²) >= 11 is 0. The third-order valence-corrected chi connectivity index (χ3v) is 4.67. The van der Waals surface area contributed by atoms with Gasteiger partial charge in [0, 0.05) is 44.3 Å². The van der Waals surface area contributed by atoms with E-state index in [4.69, 9.17) is 4.52 Å². The van der Waals surface area contributed by atoms with Crippen LogP contribution in [0.25, 0.3) is 11.5 Å². The van der Waals surface area contributed by atoms with Gasteiger partial charge < -0.3 is 9.42 Å². The molecule has 1 fully saturated rings. The first-order valence-corrected chi connectivity index (χ1v) is 9.03. The second-order valence-corrected chi connectivity index (χ2v) is 6.69. The lowest BCUT2D eigenvalue weighted by atomic mass is 9.94. The highest BCUT2D eigenvalue weighted by Crippen LogP contribution is 2.22. The highest BCUT2D eigenvalue weighted by atomic mass is 16.5. The second kappa shape index (κ2) is 8.03. The predicted octanol–water partition coefficient (Wildman–Crippen LogP) is 1.95. The molecule has 27 heavy (non-hydrogen) atoms. The highest BCUT2D eigenvalue weighted by Gasteiger charge is 2.25. The summed E-state index contributed by atoms with van der Waals surface area (Å²) in [5.74, 6) is 1.46. The van der Waals surface area contributed by atoms with Crippen molar-refractivity contribution < 1.29 is 9.32 Å². The maximum atomic E-state index is 12.6. The zero-order chi connectivity index (χ0) is 18.5. The third-order valence-electron chi connectivity index (χ3n) is 4.67. The fourth-order valence-electron chi connectivity index (χ4n) is 3.35. The summed E-state index contributed by atoms with van der Waals surface area (Å²) in [6, 6.07) is 3.78. The van der Waals surface area contributed by atoms with Gasteiger partial charge in [0.05, 0.1) is 12.6 Å². The number of hydrogen-bond donors (Lipinski definition) is 0. The van der Waals surface area contributed by atoms with Crippen LogP contribution in [0.4, 0.5) is 0 Å². The molecule has 1 atom stereocenters. The van der Waals surface area contributed by atoms with Crippen LogP contribution in [0.1, 0.15) is 24.3 Å². The van der Waals surface area contributed by atoms with Crippen LogP contribution in [0.2, 0.25) is 0 Å². The summed E-state index contributed by atoms with van der Waals surface area (Å²) in [6.07, 6.45) is 11.3. The van der Waals surface area contributed by atoms with Crippen molar-refractivity contribution in [1.29, 1.82) is 0 Å². The van der Waals surface area contributed by atoms with Gasteiger partial charge in [-0.3, -0.25) is 14.8 Å². The first kappa shape index (κ1) is 17.3. The lowest BCUT2D eigenvalue weighted by Gasteiger charge is -2.32. The molecule has 0 radical (unpaired) electrons.